The lowest BCUT2D eigenvalue weighted by Gasteiger charge is -2.15. The van der Waals surface area contributed by atoms with Crippen molar-refractivity contribution in [1.82, 2.24) is 0 Å². The molecule has 0 amide bonds. The van der Waals surface area contributed by atoms with Crippen molar-refractivity contribution in [2.75, 3.05) is 7.11 Å². The third-order valence-electron chi connectivity index (χ3n) is 1.99. The summed E-state index contributed by atoms with van der Waals surface area (Å²) in [4.78, 5) is 11.4. The van der Waals surface area contributed by atoms with Crippen molar-refractivity contribution >= 4 is 5.78 Å². The quantitative estimate of drug-likeness (QED) is 0.628. The minimum atomic E-state index is 0.205. The fourth-order valence-corrected chi connectivity index (χ4v) is 1.40. The predicted molar refractivity (Wildman–Crippen MR) is 47.7 cm³/mol. The Kier molecular flexibility index (Phi) is 3.09. The molecule has 1 rings (SSSR count). The number of Topliss-reactive ketones (excluding diaryl/α,β-unsaturated/α-hetero) is 1. The van der Waals surface area contributed by atoms with Gasteiger partial charge >= 0.3 is 0 Å². The van der Waals surface area contributed by atoms with Gasteiger partial charge in [0.25, 0.3) is 0 Å². The first-order valence-corrected chi connectivity index (χ1v) is 4.22. The van der Waals surface area contributed by atoms with Gasteiger partial charge in [-0.15, -0.1) is 0 Å². The van der Waals surface area contributed by atoms with Crippen LogP contribution in [0.25, 0.3) is 0 Å². The van der Waals surface area contributed by atoms with E-state index in [9.17, 15) is 4.79 Å². The minimum Gasteiger partial charge on any atom is -0.500 e. The van der Waals surface area contributed by atoms with Gasteiger partial charge in [0.05, 0.1) is 12.7 Å². The lowest BCUT2D eigenvalue weighted by molar-refractivity contribution is -0.116. The van der Waals surface area contributed by atoms with E-state index in [1.54, 1.807) is 7.11 Å². The summed E-state index contributed by atoms with van der Waals surface area (Å²) in [6.45, 7) is 1.90. The average Bonchev–Trinajstić information content (AvgIpc) is 2.09. The average molecular weight is 166 g/mol. The summed E-state index contributed by atoms with van der Waals surface area (Å²) in [7, 11) is 1.62. The van der Waals surface area contributed by atoms with Crippen LogP contribution in [0, 0.1) is 0 Å². The van der Waals surface area contributed by atoms with Crippen LogP contribution in [0.3, 0.4) is 0 Å². The van der Waals surface area contributed by atoms with Gasteiger partial charge in [-0.2, -0.15) is 0 Å². The van der Waals surface area contributed by atoms with E-state index in [4.69, 9.17) is 4.74 Å². The Morgan fingerprint density at radius 2 is 2.17 bits per heavy atom. The van der Waals surface area contributed by atoms with E-state index < -0.39 is 0 Å². The number of carbonyl (C=O) groups is 1. The van der Waals surface area contributed by atoms with Crippen LogP contribution in [0.15, 0.2) is 23.5 Å². The zero-order valence-electron chi connectivity index (χ0n) is 7.59. The molecule has 2 heteroatoms. The highest BCUT2D eigenvalue weighted by atomic mass is 16.5. The van der Waals surface area contributed by atoms with E-state index in [2.05, 4.69) is 0 Å². The Hall–Kier alpha value is -1.05. The van der Waals surface area contributed by atoms with Gasteiger partial charge in [0.1, 0.15) is 5.76 Å². The second kappa shape index (κ2) is 4.10. The summed E-state index contributed by atoms with van der Waals surface area (Å²) in [6, 6.07) is 0. The van der Waals surface area contributed by atoms with Crippen molar-refractivity contribution in [3.8, 4) is 0 Å². The number of hydrogen-bond acceptors (Lipinski definition) is 2. The van der Waals surface area contributed by atoms with Crippen molar-refractivity contribution in [3.63, 3.8) is 0 Å². The van der Waals surface area contributed by atoms with Crippen LogP contribution < -0.4 is 0 Å². The smallest absolute Gasteiger partial charge is 0.166 e. The number of ketones is 1. The molecule has 0 aromatic heterocycles. The highest BCUT2D eigenvalue weighted by Crippen LogP contribution is 2.23. The fraction of sp³-hybridized carbons (Fsp3) is 0.500. The number of carbonyl (C=O) groups excluding carboxylic acids is 1. The molecular formula is C10H14O2. The van der Waals surface area contributed by atoms with Crippen LogP contribution in [0.2, 0.25) is 0 Å². The molecule has 1 aliphatic rings. The van der Waals surface area contributed by atoms with Gasteiger partial charge in [-0.3, -0.25) is 4.79 Å². The Morgan fingerprint density at radius 3 is 2.75 bits per heavy atom. The molecule has 0 atom stereocenters. The van der Waals surface area contributed by atoms with E-state index in [0.717, 1.165) is 24.2 Å². The van der Waals surface area contributed by atoms with Crippen LogP contribution in [-0.4, -0.2) is 12.9 Å². The molecule has 2 nitrogen and oxygen atoms in total. The van der Waals surface area contributed by atoms with Crippen molar-refractivity contribution in [2.24, 2.45) is 0 Å². The Bertz CT molecular complexity index is 236. The number of rotatable bonds is 2. The SMILES string of the molecule is C/C=C/C1=C(OC)CCCC1=O. The van der Waals surface area contributed by atoms with Crippen LogP contribution in [0.1, 0.15) is 26.2 Å². The predicted octanol–water partition coefficient (Wildman–Crippen LogP) is 2.22. The lowest BCUT2D eigenvalue weighted by Crippen LogP contribution is -2.10. The van der Waals surface area contributed by atoms with Gasteiger partial charge in [-0.1, -0.05) is 12.2 Å². The Balaban J connectivity index is 2.95. The molecule has 0 unspecified atom stereocenters. The number of methoxy groups -OCH3 is 1. The van der Waals surface area contributed by atoms with Crippen molar-refractivity contribution in [1.29, 1.82) is 0 Å². The van der Waals surface area contributed by atoms with Crippen LogP contribution in [-0.2, 0) is 9.53 Å². The monoisotopic (exact) mass is 166 g/mol. The molecule has 12 heavy (non-hydrogen) atoms. The standard InChI is InChI=1S/C10H14O2/c1-3-5-8-9(11)6-4-7-10(8)12-2/h3,5H,4,6-7H2,1-2H3/b5-3+. The van der Waals surface area contributed by atoms with Gasteiger partial charge in [0.2, 0.25) is 0 Å². The van der Waals surface area contributed by atoms with Gasteiger partial charge in [-0.25, -0.2) is 0 Å². The molecule has 0 aliphatic heterocycles. The third kappa shape index (κ3) is 1.76. The highest BCUT2D eigenvalue weighted by molar-refractivity contribution is 5.99. The first kappa shape index (κ1) is 9.04. The van der Waals surface area contributed by atoms with Gasteiger partial charge in [-0.05, 0) is 13.3 Å². The molecule has 0 fully saturated rings. The molecule has 0 aromatic carbocycles. The molecule has 0 N–H and O–H groups in total. The maximum atomic E-state index is 11.4. The normalized spacial score (nSPS) is 19.0. The summed E-state index contributed by atoms with van der Waals surface area (Å²) >= 11 is 0. The van der Waals surface area contributed by atoms with Gasteiger partial charge in [0.15, 0.2) is 5.78 Å². The number of hydrogen-bond donors (Lipinski definition) is 0. The molecule has 0 saturated carbocycles. The lowest BCUT2D eigenvalue weighted by atomic mass is 9.96. The minimum absolute atomic E-state index is 0.205. The maximum Gasteiger partial charge on any atom is 0.166 e. The van der Waals surface area contributed by atoms with Gasteiger partial charge < -0.3 is 4.74 Å². The molecule has 1 aliphatic carbocycles. The largest absolute Gasteiger partial charge is 0.500 e. The van der Waals surface area contributed by atoms with Crippen LogP contribution in [0.5, 0.6) is 0 Å². The van der Waals surface area contributed by atoms with Crippen molar-refractivity contribution < 1.29 is 9.53 Å². The molecule has 0 saturated heterocycles. The zero-order chi connectivity index (χ0) is 8.97. The molecule has 0 spiro atoms. The summed E-state index contributed by atoms with van der Waals surface area (Å²) in [5, 5.41) is 0. The van der Waals surface area contributed by atoms with Gasteiger partial charge in [0, 0.05) is 12.8 Å². The van der Waals surface area contributed by atoms with Crippen LogP contribution in [0.4, 0.5) is 0 Å². The fourth-order valence-electron chi connectivity index (χ4n) is 1.40. The molecular weight excluding hydrogens is 152 g/mol. The Labute approximate surface area is 72.9 Å². The zero-order valence-corrected chi connectivity index (χ0v) is 7.59. The highest BCUT2D eigenvalue weighted by Gasteiger charge is 2.18. The van der Waals surface area contributed by atoms with E-state index in [0.29, 0.717) is 6.42 Å². The van der Waals surface area contributed by atoms with Crippen molar-refractivity contribution in [2.45, 2.75) is 26.2 Å². The first-order valence-electron chi connectivity index (χ1n) is 4.22. The van der Waals surface area contributed by atoms with Crippen molar-refractivity contribution in [3.05, 3.63) is 23.5 Å². The molecule has 0 aromatic rings. The molecule has 0 radical (unpaired) electrons. The van der Waals surface area contributed by atoms with E-state index in [1.165, 1.54) is 0 Å². The maximum absolute atomic E-state index is 11.4. The first-order chi connectivity index (χ1) is 5.79. The van der Waals surface area contributed by atoms with E-state index in [1.807, 2.05) is 19.1 Å². The summed E-state index contributed by atoms with van der Waals surface area (Å²) in [5.41, 5.74) is 0.756. The summed E-state index contributed by atoms with van der Waals surface area (Å²) < 4.78 is 5.13. The van der Waals surface area contributed by atoms with Crippen LogP contribution >= 0.6 is 0 Å². The van der Waals surface area contributed by atoms with E-state index >= 15 is 0 Å². The summed E-state index contributed by atoms with van der Waals surface area (Å²) in [6.07, 6.45) is 6.18. The second-order valence-corrected chi connectivity index (χ2v) is 2.82. The second-order valence-electron chi connectivity index (χ2n) is 2.82. The third-order valence-corrected chi connectivity index (χ3v) is 1.99. The molecule has 0 bridgehead atoms. The molecule has 0 heterocycles. The van der Waals surface area contributed by atoms with E-state index in [-0.39, 0.29) is 5.78 Å². The number of allylic oxidation sites excluding steroid dienone is 4. The topological polar surface area (TPSA) is 26.3 Å². The number of ether oxygens (including phenoxy) is 1. The Morgan fingerprint density at radius 1 is 1.42 bits per heavy atom. The molecule has 66 valence electrons. The summed E-state index contributed by atoms with van der Waals surface area (Å²) in [5.74, 6) is 1.04.